The molecule has 1 aromatic rings. The van der Waals surface area contributed by atoms with Crippen LogP contribution in [-0.2, 0) is 14.8 Å². The smallest absolute Gasteiger partial charge is 0.243 e. The van der Waals surface area contributed by atoms with E-state index in [4.69, 9.17) is 5.73 Å². The summed E-state index contributed by atoms with van der Waals surface area (Å²) in [5.74, 6) is -0.367. The summed E-state index contributed by atoms with van der Waals surface area (Å²) in [6, 6.07) is 6.29. The Balaban J connectivity index is 2.17. The first-order chi connectivity index (χ1) is 11.1. The van der Waals surface area contributed by atoms with E-state index in [1.54, 1.807) is 32.0 Å². The molecule has 3 N–H and O–H groups in total. The van der Waals surface area contributed by atoms with Crippen LogP contribution in [0.3, 0.4) is 0 Å². The Labute approximate surface area is 143 Å². The molecule has 2 rings (SSSR count). The van der Waals surface area contributed by atoms with Crippen LogP contribution in [0.25, 0.3) is 0 Å². The molecule has 8 heteroatoms. The number of hydrogen-bond acceptors (Lipinski definition) is 5. The quantitative estimate of drug-likeness (QED) is 0.811. The normalized spacial score (nSPS) is 17.7. The number of likely N-dealkylation sites (N-methyl/N-ethyl adjacent to an activating group) is 1. The van der Waals surface area contributed by atoms with Crippen LogP contribution in [0, 0.1) is 0 Å². The van der Waals surface area contributed by atoms with Gasteiger partial charge in [0.2, 0.25) is 15.9 Å². The van der Waals surface area contributed by atoms with Gasteiger partial charge in [0.15, 0.2) is 0 Å². The van der Waals surface area contributed by atoms with Gasteiger partial charge in [-0.05, 0) is 38.6 Å². The van der Waals surface area contributed by atoms with Gasteiger partial charge in [-0.25, -0.2) is 8.42 Å². The monoisotopic (exact) mass is 354 g/mol. The zero-order valence-corrected chi connectivity index (χ0v) is 15.3. The number of carbonyl (C=O) groups is 1. The molecule has 1 saturated heterocycles. The molecule has 0 bridgehead atoms. The fourth-order valence-corrected chi connectivity index (χ4v) is 3.93. The van der Waals surface area contributed by atoms with E-state index in [1.165, 1.54) is 10.4 Å². The highest BCUT2D eigenvalue weighted by Crippen LogP contribution is 2.21. The molecular weight excluding hydrogens is 328 g/mol. The Bertz CT molecular complexity index is 690. The van der Waals surface area contributed by atoms with Crippen LogP contribution < -0.4 is 11.1 Å². The van der Waals surface area contributed by atoms with Crippen molar-refractivity contribution in [3.05, 3.63) is 24.3 Å². The second-order valence-electron chi connectivity index (χ2n) is 6.54. The Kier molecular flexibility index (Phi) is 5.64. The summed E-state index contributed by atoms with van der Waals surface area (Å²) in [7, 11) is -3.56. The summed E-state index contributed by atoms with van der Waals surface area (Å²) >= 11 is 0. The maximum atomic E-state index is 12.8. The molecule has 0 radical (unpaired) electrons. The molecule has 7 nitrogen and oxygen atoms in total. The molecule has 0 spiro atoms. The predicted molar refractivity (Wildman–Crippen MR) is 94.2 cm³/mol. The highest BCUT2D eigenvalue weighted by atomic mass is 32.2. The maximum Gasteiger partial charge on any atom is 0.243 e. The minimum Gasteiger partial charge on any atom is -0.324 e. The standard InChI is InChI=1S/C16H26N4O3S/c1-4-19-8-10-20(11-9-19)24(22,23)14-7-5-6-13(12-14)18-15(21)16(2,3)17/h5-7,12H,4,8-11,17H2,1-3H3,(H,18,21). The van der Waals surface area contributed by atoms with Gasteiger partial charge in [-0.1, -0.05) is 13.0 Å². The SMILES string of the molecule is CCN1CCN(S(=O)(=O)c2cccc(NC(=O)C(C)(C)N)c2)CC1. The van der Waals surface area contributed by atoms with E-state index in [9.17, 15) is 13.2 Å². The number of nitrogens with zero attached hydrogens (tertiary/aromatic N) is 2. The van der Waals surface area contributed by atoms with E-state index >= 15 is 0 Å². The zero-order valence-electron chi connectivity index (χ0n) is 14.4. The second-order valence-corrected chi connectivity index (χ2v) is 8.48. The number of benzene rings is 1. The summed E-state index contributed by atoms with van der Waals surface area (Å²) < 4.78 is 27.1. The third-order valence-electron chi connectivity index (χ3n) is 4.09. The lowest BCUT2D eigenvalue weighted by atomic mass is 10.1. The number of nitrogens with one attached hydrogen (secondary N) is 1. The lowest BCUT2D eigenvalue weighted by Crippen LogP contribution is -2.48. The van der Waals surface area contributed by atoms with E-state index in [0.29, 0.717) is 18.8 Å². The van der Waals surface area contributed by atoms with E-state index in [2.05, 4.69) is 17.1 Å². The molecule has 1 heterocycles. The molecule has 0 saturated carbocycles. The number of rotatable bonds is 5. The van der Waals surface area contributed by atoms with Crippen molar-refractivity contribution in [3.63, 3.8) is 0 Å². The number of sulfonamides is 1. The number of anilines is 1. The number of amides is 1. The third-order valence-corrected chi connectivity index (χ3v) is 5.99. The van der Waals surface area contributed by atoms with E-state index in [1.807, 2.05) is 0 Å². The van der Waals surface area contributed by atoms with Crippen LogP contribution in [0.1, 0.15) is 20.8 Å². The lowest BCUT2D eigenvalue weighted by molar-refractivity contribution is -0.120. The average molecular weight is 354 g/mol. The van der Waals surface area contributed by atoms with Crippen molar-refractivity contribution in [2.24, 2.45) is 5.73 Å². The van der Waals surface area contributed by atoms with Crippen LogP contribution in [-0.4, -0.2) is 61.8 Å². The van der Waals surface area contributed by atoms with Crippen molar-refractivity contribution < 1.29 is 13.2 Å². The van der Waals surface area contributed by atoms with Crippen molar-refractivity contribution in [2.75, 3.05) is 38.0 Å². The molecule has 0 atom stereocenters. The van der Waals surface area contributed by atoms with Crippen molar-refractivity contribution in [2.45, 2.75) is 31.2 Å². The maximum absolute atomic E-state index is 12.8. The first-order valence-corrected chi connectivity index (χ1v) is 9.51. The number of piperazine rings is 1. The van der Waals surface area contributed by atoms with Crippen LogP contribution in [0.5, 0.6) is 0 Å². The fraction of sp³-hybridized carbons (Fsp3) is 0.562. The molecule has 0 aromatic heterocycles. The fourth-order valence-electron chi connectivity index (χ4n) is 2.46. The van der Waals surface area contributed by atoms with Gasteiger partial charge in [0.1, 0.15) is 0 Å². The Hall–Kier alpha value is -1.48. The minimum atomic E-state index is -3.56. The predicted octanol–water partition coefficient (Wildman–Crippen LogP) is 0.689. The van der Waals surface area contributed by atoms with Crippen LogP contribution >= 0.6 is 0 Å². The van der Waals surface area contributed by atoms with Crippen molar-refractivity contribution >= 4 is 21.6 Å². The van der Waals surface area contributed by atoms with Crippen molar-refractivity contribution in [1.29, 1.82) is 0 Å². The minimum absolute atomic E-state index is 0.181. The highest BCUT2D eigenvalue weighted by molar-refractivity contribution is 7.89. The van der Waals surface area contributed by atoms with Gasteiger partial charge in [0, 0.05) is 31.9 Å². The van der Waals surface area contributed by atoms with Gasteiger partial charge in [0.25, 0.3) is 0 Å². The van der Waals surface area contributed by atoms with Gasteiger partial charge in [-0.2, -0.15) is 4.31 Å². The van der Waals surface area contributed by atoms with Crippen LogP contribution in [0.2, 0.25) is 0 Å². The Morgan fingerprint density at radius 3 is 2.42 bits per heavy atom. The molecule has 134 valence electrons. The largest absolute Gasteiger partial charge is 0.324 e. The third kappa shape index (κ3) is 4.32. The summed E-state index contributed by atoms with van der Waals surface area (Å²) in [4.78, 5) is 14.4. The molecule has 1 fully saturated rings. The first kappa shape index (κ1) is 18.9. The molecular formula is C16H26N4O3S. The summed E-state index contributed by atoms with van der Waals surface area (Å²) in [5, 5.41) is 2.66. The van der Waals surface area contributed by atoms with Crippen LogP contribution in [0.15, 0.2) is 29.2 Å². The van der Waals surface area contributed by atoms with Gasteiger partial charge in [-0.15, -0.1) is 0 Å². The molecule has 1 aromatic carbocycles. The first-order valence-electron chi connectivity index (χ1n) is 8.07. The topological polar surface area (TPSA) is 95.7 Å². The summed E-state index contributed by atoms with van der Waals surface area (Å²) in [6.07, 6.45) is 0. The molecule has 24 heavy (non-hydrogen) atoms. The van der Waals surface area contributed by atoms with Gasteiger partial charge >= 0.3 is 0 Å². The molecule has 0 aliphatic carbocycles. The summed E-state index contributed by atoms with van der Waals surface area (Å²) in [6.45, 7) is 8.58. The van der Waals surface area contributed by atoms with E-state index in [0.717, 1.165) is 19.6 Å². The zero-order chi connectivity index (χ0) is 18.0. The number of hydrogen-bond donors (Lipinski definition) is 2. The van der Waals surface area contributed by atoms with Crippen molar-refractivity contribution in [1.82, 2.24) is 9.21 Å². The van der Waals surface area contributed by atoms with Crippen molar-refractivity contribution in [3.8, 4) is 0 Å². The number of nitrogens with two attached hydrogens (primary N) is 1. The number of carbonyl (C=O) groups excluding carboxylic acids is 1. The Morgan fingerprint density at radius 2 is 1.88 bits per heavy atom. The molecule has 1 aliphatic heterocycles. The lowest BCUT2D eigenvalue weighted by Gasteiger charge is -2.33. The molecule has 1 amide bonds. The van der Waals surface area contributed by atoms with Gasteiger partial charge in [-0.3, -0.25) is 4.79 Å². The molecule has 0 unspecified atom stereocenters. The second kappa shape index (κ2) is 7.18. The van der Waals surface area contributed by atoms with Crippen LogP contribution in [0.4, 0.5) is 5.69 Å². The molecule has 1 aliphatic rings. The highest BCUT2D eigenvalue weighted by Gasteiger charge is 2.28. The van der Waals surface area contributed by atoms with E-state index in [-0.39, 0.29) is 10.8 Å². The summed E-state index contributed by atoms with van der Waals surface area (Å²) in [5.41, 5.74) is 5.14. The van der Waals surface area contributed by atoms with Gasteiger partial charge in [0.05, 0.1) is 10.4 Å². The van der Waals surface area contributed by atoms with Gasteiger partial charge < -0.3 is 16.0 Å². The van der Waals surface area contributed by atoms with E-state index < -0.39 is 15.6 Å². The average Bonchev–Trinajstić information content (AvgIpc) is 2.54. The Morgan fingerprint density at radius 1 is 1.25 bits per heavy atom.